The maximum absolute atomic E-state index is 4.71. The third kappa shape index (κ3) is 44.9. The second kappa shape index (κ2) is 25.8. The zero-order chi connectivity index (χ0) is 16.4. The van der Waals surface area contributed by atoms with Gasteiger partial charge >= 0.3 is 19.5 Å². The van der Waals surface area contributed by atoms with E-state index in [9.17, 15) is 0 Å². The molecule has 124 valence electrons. The second-order valence-corrected chi connectivity index (χ2v) is 6.40. The van der Waals surface area contributed by atoms with E-state index in [1.807, 2.05) is 0 Å². The van der Waals surface area contributed by atoms with Gasteiger partial charge in [-0.15, -0.1) is 12.6 Å². The predicted molar refractivity (Wildman–Crippen MR) is 103 cm³/mol. The van der Waals surface area contributed by atoms with Gasteiger partial charge in [-0.3, -0.25) is 0 Å². The van der Waals surface area contributed by atoms with E-state index < -0.39 is 0 Å². The minimum atomic E-state index is 0. The maximum atomic E-state index is 4.71. The first-order chi connectivity index (χ1) is 9.35. The van der Waals surface area contributed by atoms with Crippen LogP contribution in [0.3, 0.4) is 0 Å². The van der Waals surface area contributed by atoms with E-state index in [1.165, 1.54) is 51.4 Å². The Morgan fingerprint density at radius 1 is 0.952 bits per heavy atom. The molecule has 0 amide bonds. The molecule has 1 nitrogen and oxygen atoms in total. The molecule has 21 heavy (non-hydrogen) atoms. The molecule has 2 unspecified atom stereocenters. The van der Waals surface area contributed by atoms with Crippen molar-refractivity contribution < 1.29 is 19.5 Å². The summed E-state index contributed by atoms with van der Waals surface area (Å²) in [7, 11) is 0. The van der Waals surface area contributed by atoms with Crippen LogP contribution in [0.1, 0.15) is 79.1 Å². The van der Waals surface area contributed by atoms with Gasteiger partial charge in [0, 0.05) is 0 Å². The van der Waals surface area contributed by atoms with E-state index in [2.05, 4.69) is 66.4 Å². The van der Waals surface area contributed by atoms with Gasteiger partial charge in [0.25, 0.3) is 0 Å². The first kappa shape index (κ1) is 29.8. The first-order valence-electron chi connectivity index (χ1n) is 7.99. The van der Waals surface area contributed by atoms with Crippen molar-refractivity contribution in [3.63, 3.8) is 0 Å². The normalized spacial score (nSPS) is 11.8. The summed E-state index contributed by atoms with van der Waals surface area (Å²) in [5.41, 5.74) is 4.71. The smallest absolute Gasteiger partial charge is 0.385 e. The van der Waals surface area contributed by atoms with Crippen LogP contribution in [0.5, 0.6) is 0 Å². The van der Waals surface area contributed by atoms with Crippen LogP contribution in [0.4, 0.5) is 0 Å². The molecule has 0 heterocycles. The minimum absolute atomic E-state index is 0. The van der Waals surface area contributed by atoms with Crippen molar-refractivity contribution in [2.45, 2.75) is 79.1 Å². The van der Waals surface area contributed by atoms with E-state index in [0.29, 0.717) is 11.8 Å². The standard InChI is InChI=1S/2C8H17.CH3NS2.Zn/c2*1-4-6-7-8(3)5-2;2-1(3)4;/h2*8H,3-7H2,1-2H3;(H3,2,3,4);/q2*-1;;+2. The van der Waals surface area contributed by atoms with Crippen molar-refractivity contribution >= 4 is 29.2 Å². The third-order valence-electron chi connectivity index (χ3n) is 3.09. The van der Waals surface area contributed by atoms with Crippen LogP contribution in [0, 0.1) is 25.7 Å². The molecule has 0 aromatic rings. The molecule has 0 fully saturated rings. The molecule has 2 atom stereocenters. The van der Waals surface area contributed by atoms with Gasteiger partial charge in [0.1, 0.15) is 4.32 Å². The van der Waals surface area contributed by atoms with E-state index >= 15 is 0 Å². The average molecular weight is 385 g/mol. The van der Waals surface area contributed by atoms with E-state index in [-0.39, 0.29) is 23.8 Å². The molecule has 0 aromatic heterocycles. The quantitative estimate of drug-likeness (QED) is 0.224. The van der Waals surface area contributed by atoms with Gasteiger partial charge in [0.2, 0.25) is 0 Å². The molecule has 0 rings (SSSR count). The number of hydrogen-bond acceptors (Lipinski definition) is 1. The second-order valence-electron chi connectivity index (χ2n) is 5.17. The van der Waals surface area contributed by atoms with Crippen LogP contribution in [0.15, 0.2) is 0 Å². The molecule has 0 saturated carbocycles. The summed E-state index contributed by atoms with van der Waals surface area (Å²) in [6, 6.07) is 0. The van der Waals surface area contributed by atoms with Crippen molar-refractivity contribution in [1.29, 1.82) is 0 Å². The molecule has 0 aromatic carbocycles. The molecule has 0 aliphatic heterocycles. The number of hydrogen-bond donors (Lipinski definition) is 2. The largest absolute Gasteiger partial charge is 2.00 e. The zero-order valence-corrected chi connectivity index (χ0v) is 19.5. The number of rotatable bonds is 8. The van der Waals surface area contributed by atoms with Crippen LogP contribution in [0.25, 0.3) is 0 Å². The molecule has 0 spiro atoms. The molecule has 0 bridgehead atoms. The van der Waals surface area contributed by atoms with Crippen molar-refractivity contribution in [1.82, 2.24) is 0 Å². The Bertz CT molecular complexity index is 172. The van der Waals surface area contributed by atoms with Crippen LogP contribution >= 0.6 is 24.8 Å². The minimum Gasteiger partial charge on any atom is -0.385 e. The summed E-state index contributed by atoms with van der Waals surface area (Å²) < 4.78 is 0.194. The van der Waals surface area contributed by atoms with E-state index in [4.69, 9.17) is 5.73 Å². The monoisotopic (exact) mass is 383 g/mol. The van der Waals surface area contributed by atoms with Gasteiger partial charge in [0.05, 0.1) is 0 Å². The Morgan fingerprint density at radius 3 is 1.33 bits per heavy atom. The van der Waals surface area contributed by atoms with Crippen molar-refractivity contribution in [2.75, 3.05) is 0 Å². The molecule has 0 radical (unpaired) electrons. The van der Waals surface area contributed by atoms with Crippen LogP contribution in [-0.4, -0.2) is 4.32 Å². The van der Waals surface area contributed by atoms with Gasteiger partial charge in [-0.1, -0.05) is 91.3 Å². The molecule has 0 aliphatic carbocycles. The summed E-state index contributed by atoms with van der Waals surface area (Å²) in [5.74, 6) is 1.41. The first-order valence-corrected chi connectivity index (χ1v) is 8.85. The van der Waals surface area contributed by atoms with Crippen LogP contribution in [-0.2, 0) is 19.5 Å². The molecule has 0 saturated heterocycles. The van der Waals surface area contributed by atoms with Crippen molar-refractivity contribution in [3.05, 3.63) is 13.8 Å². The summed E-state index contributed by atoms with van der Waals surface area (Å²) >= 11 is 7.65. The van der Waals surface area contributed by atoms with Gasteiger partial charge in [0.15, 0.2) is 0 Å². The van der Waals surface area contributed by atoms with Gasteiger partial charge in [-0.2, -0.15) is 11.8 Å². The maximum Gasteiger partial charge on any atom is 2.00 e. The van der Waals surface area contributed by atoms with Crippen LogP contribution < -0.4 is 5.73 Å². The zero-order valence-electron chi connectivity index (χ0n) is 14.9. The number of thiocarbonyl (C=S) groups is 1. The predicted octanol–water partition coefficient (Wildman–Crippen LogP) is 6.23. The molecular formula is C17H37NS2Zn. The summed E-state index contributed by atoms with van der Waals surface area (Å²) in [6.07, 6.45) is 10.4. The fraction of sp³-hybridized carbons (Fsp3) is 0.824. The van der Waals surface area contributed by atoms with E-state index in [0.717, 1.165) is 0 Å². The molecule has 2 N–H and O–H groups in total. The van der Waals surface area contributed by atoms with Crippen molar-refractivity contribution in [3.8, 4) is 0 Å². The third-order valence-corrected chi connectivity index (χ3v) is 3.09. The van der Waals surface area contributed by atoms with Crippen LogP contribution in [0.2, 0.25) is 0 Å². The summed E-state index contributed by atoms with van der Waals surface area (Å²) in [6.45, 7) is 16.8. The summed E-state index contributed by atoms with van der Waals surface area (Å²) in [5, 5.41) is 0. The Morgan fingerprint density at radius 2 is 1.19 bits per heavy atom. The fourth-order valence-electron chi connectivity index (χ4n) is 1.39. The Balaban J connectivity index is -0.000000107. The van der Waals surface area contributed by atoms with Gasteiger partial charge < -0.3 is 19.6 Å². The molecule has 0 aliphatic rings. The number of thiol groups is 1. The summed E-state index contributed by atoms with van der Waals surface area (Å²) in [4.78, 5) is 0. The van der Waals surface area contributed by atoms with Crippen molar-refractivity contribution in [2.24, 2.45) is 17.6 Å². The van der Waals surface area contributed by atoms with E-state index in [1.54, 1.807) is 0 Å². The molecule has 4 heteroatoms. The molecular weight excluding hydrogens is 348 g/mol. The fourth-order valence-corrected chi connectivity index (χ4v) is 1.39. The Labute approximate surface area is 158 Å². The number of unbranched alkanes of at least 4 members (excludes halogenated alkanes) is 2. The van der Waals surface area contributed by atoms with Gasteiger partial charge in [-0.05, 0) is 0 Å². The average Bonchev–Trinajstić information content (AvgIpc) is 2.42. The SMILES string of the molecule is NC(=S)S.[CH2-]C(CC)CCCC.[CH2-]C(CC)CCCC.[Zn+2]. The Kier molecular flexibility index (Phi) is 36.6. The van der Waals surface area contributed by atoms with Gasteiger partial charge in [-0.25, -0.2) is 0 Å². The Hall–Kier alpha value is 0.863. The number of nitrogens with two attached hydrogens (primary N) is 1. The topological polar surface area (TPSA) is 26.0 Å².